The molecule has 5 rings (SSSR count). The second-order valence-electron chi connectivity index (χ2n) is 7.37. The average molecular weight is 380 g/mol. The van der Waals surface area contributed by atoms with Crippen molar-refractivity contribution in [3.63, 3.8) is 0 Å². The van der Waals surface area contributed by atoms with Crippen LogP contribution < -0.4 is 5.32 Å². The Balaban J connectivity index is 1.46. The first-order chi connectivity index (χ1) is 13.1. The molecule has 0 amide bonds. The summed E-state index contributed by atoms with van der Waals surface area (Å²) in [7, 11) is 0. The molecule has 5 heterocycles. The topological polar surface area (TPSA) is 77.2 Å². The molecule has 0 aliphatic carbocycles. The highest BCUT2D eigenvalue weighted by Crippen LogP contribution is 2.39. The van der Waals surface area contributed by atoms with Crippen LogP contribution in [0.3, 0.4) is 0 Å². The highest BCUT2D eigenvalue weighted by molar-refractivity contribution is 7.19. The maximum absolute atomic E-state index is 5.96. The van der Waals surface area contributed by atoms with Crippen LogP contribution >= 0.6 is 11.3 Å². The quantitative estimate of drug-likeness (QED) is 0.587. The van der Waals surface area contributed by atoms with Gasteiger partial charge in [-0.05, 0) is 31.5 Å². The fourth-order valence-electron chi connectivity index (χ4n) is 3.47. The number of hydrogen-bond acceptors (Lipinski definition) is 7. The lowest BCUT2D eigenvalue weighted by molar-refractivity contribution is -0.0379. The lowest BCUT2D eigenvalue weighted by atomic mass is 9.94. The molecule has 138 valence electrons. The molecular formula is C19H20N6OS. The maximum Gasteiger partial charge on any atom is 0.168 e. The van der Waals surface area contributed by atoms with E-state index >= 15 is 0 Å². The number of fused-ring (bicyclic) bond motifs is 5. The van der Waals surface area contributed by atoms with Crippen LogP contribution in [-0.2, 0) is 30.9 Å². The molecule has 27 heavy (non-hydrogen) atoms. The van der Waals surface area contributed by atoms with Gasteiger partial charge in [0.1, 0.15) is 11.2 Å². The monoisotopic (exact) mass is 380 g/mol. The van der Waals surface area contributed by atoms with Gasteiger partial charge in [-0.25, -0.2) is 14.5 Å². The first-order valence-electron chi connectivity index (χ1n) is 8.98. The molecule has 1 aliphatic heterocycles. The average Bonchev–Trinajstić information content (AvgIpc) is 3.22. The minimum Gasteiger partial charge on any atom is -0.370 e. The number of rotatable bonds is 4. The third-order valence-corrected chi connectivity index (χ3v) is 5.88. The molecule has 1 aliphatic rings. The van der Waals surface area contributed by atoms with Crippen LogP contribution in [0.5, 0.6) is 0 Å². The van der Waals surface area contributed by atoms with Crippen LogP contribution in [-0.4, -0.2) is 30.2 Å². The molecule has 0 fully saturated rings. The second-order valence-corrected chi connectivity index (χ2v) is 8.46. The molecule has 0 saturated heterocycles. The van der Waals surface area contributed by atoms with Crippen molar-refractivity contribution in [3.8, 4) is 0 Å². The van der Waals surface area contributed by atoms with Crippen molar-refractivity contribution in [2.45, 2.75) is 45.6 Å². The van der Waals surface area contributed by atoms with E-state index in [9.17, 15) is 0 Å². The Labute approximate surface area is 160 Å². The van der Waals surface area contributed by atoms with Crippen molar-refractivity contribution in [2.24, 2.45) is 0 Å². The van der Waals surface area contributed by atoms with Gasteiger partial charge < -0.3 is 10.1 Å². The van der Waals surface area contributed by atoms with Crippen LogP contribution in [0.4, 0.5) is 0 Å². The molecule has 0 aromatic carbocycles. The summed E-state index contributed by atoms with van der Waals surface area (Å²) in [5.74, 6) is 0.756. The Hall–Kier alpha value is -2.42. The van der Waals surface area contributed by atoms with Gasteiger partial charge in [0.25, 0.3) is 0 Å². The van der Waals surface area contributed by atoms with E-state index in [0.29, 0.717) is 19.7 Å². The van der Waals surface area contributed by atoms with Gasteiger partial charge in [-0.1, -0.05) is 6.07 Å². The Bertz CT molecular complexity index is 1120. The first-order valence-corrected chi connectivity index (χ1v) is 9.80. The van der Waals surface area contributed by atoms with Crippen LogP contribution in [0.1, 0.15) is 35.8 Å². The van der Waals surface area contributed by atoms with Gasteiger partial charge in [0.05, 0.1) is 29.8 Å². The summed E-state index contributed by atoms with van der Waals surface area (Å²) in [6.07, 6.45) is 4.41. The Morgan fingerprint density at radius 1 is 1.26 bits per heavy atom. The van der Waals surface area contributed by atoms with Crippen LogP contribution in [0.25, 0.3) is 15.9 Å². The zero-order valence-corrected chi connectivity index (χ0v) is 16.1. The van der Waals surface area contributed by atoms with Crippen molar-refractivity contribution in [2.75, 3.05) is 0 Å². The van der Waals surface area contributed by atoms with Gasteiger partial charge in [-0.3, -0.25) is 4.98 Å². The first kappa shape index (κ1) is 16.7. The molecular weight excluding hydrogens is 360 g/mol. The fourth-order valence-corrected chi connectivity index (χ4v) is 4.53. The number of aromatic nitrogens is 5. The summed E-state index contributed by atoms with van der Waals surface area (Å²) in [5.41, 5.74) is 3.02. The van der Waals surface area contributed by atoms with E-state index in [-0.39, 0.29) is 5.60 Å². The Morgan fingerprint density at radius 2 is 2.19 bits per heavy atom. The van der Waals surface area contributed by atoms with Gasteiger partial charge in [-0.2, -0.15) is 0 Å². The normalized spacial score (nSPS) is 16.1. The van der Waals surface area contributed by atoms with E-state index in [1.165, 1.54) is 10.4 Å². The van der Waals surface area contributed by atoms with Crippen LogP contribution in [0.15, 0.2) is 30.7 Å². The van der Waals surface area contributed by atoms with Gasteiger partial charge in [0, 0.05) is 24.0 Å². The van der Waals surface area contributed by atoms with E-state index in [0.717, 1.165) is 33.8 Å². The molecule has 0 bridgehead atoms. The third kappa shape index (κ3) is 3.09. The van der Waals surface area contributed by atoms with Crippen molar-refractivity contribution < 1.29 is 4.74 Å². The Kier molecular flexibility index (Phi) is 3.92. The molecule has 4 aromatic heterocycles. The molecule has 8 heteroatoms. The summed E-state index contributed by atoms with van der Waals surface area (Å²) in [6, 6.07) is 5.90. The zero-order chi connectivity index (χ0) is 18.4. The van der Waals surface area contributed by atoms with E-state index in [1.54, 1.807) is 28.4 Å². The number of hydrogen-bond donors (Lipinski definition) is 1. The maximum atomic E-state index is 5.96. The van der Waals surface area contributed by atoms with Gasteiger partial charge >= 0.3 is 0 Å². The van der Waals surface area contributed by atoms with E-state index in [2.05, 4.69) is 34.2 Å². The molecule has 0 unspecified atom stereocenters. The summed E-state index contributed by atoms with van der Waals surface area (Å²) in [4.78, 5) is 16.0. The highest BCUT2D eigenvalue weighted by Gasteiger charge is 2.30. The number of nitrogens with one attached hydrogen (secondary N) is 1. The second kappa shape index (κ2) is 6.33. The van der Waals surface area contributed by atoms with Crippen LogP contribution in [0.2, 0.25) is 0 Å². The van der Waals surface area contributed by atoms with E-state index < -0.39 is 0 Å². The van der Waals surface area contributed by atoms with Gasteiger partial charge in [0.15, 0.2) is 11.5 Å². The van der Waals surface area contributed by atoms with Crippen molar-refractivity contribution >= 4 is 27.2 Å². The molecule has 7 nitrogen and oxygen atoms in total. The number of nitrogens with zero attached hydrogens (tertiary/aromatic N) is 5. The van der Waals surface area contributed by atoms with Gasteiger partial charge in [0.2, 0.25) is 0 Å². The van der Waals surface area contributed by atoms with E-state index in [4.69, 9.17) is 9.72 Å². The van der Waals surface area contributed by atoms with Crippen molar-refractivity contribution in [1.29, 1.82) is 0 Å². The molecule has 0 saturated carbocycles. The van der Waals surface area contributed by atoms with Crippen molar-refractivity contribution in [3.05, 3.63) is 52.7 Å². The molecule has 4 aromatic rings. The predicted molar refractivity (Wildman–Crippen MR) is 104 cm³/mol. The number of ether oxygens (including phenoxy) is 1. The number of thiophene rings is 1. The zero-order valence-electron chi connectivity index (χ0n) is 15.3. The summed E-state index contributed by atoms with van der Waals surface area (Å²) >= 11 is 1.70. The molecule has 0 spiro atoms. The molecule has 0 atom stereocenters. The van der Waals surface area contributed by atoms with Crippen LogP contribution in [0, 0.1) is 0 Å². The summed E-state index contributed by atoms with van der Waals surface area (Å²) in [5, 5.41) is 9.07. The van der Waals surface area contributed by atoms with Crippen molar-refractivity contribution in [1.82, 2.24) is 29.9 Å². The standard InChI is InChI=1S/C19H20N6OS/c1-19(2)7-13-14(10-26-19)27-18-16(13)17-23-15(24-25(17)11-22-18)9-20-8-12-5-3-4-6-21-12/h3-6,11,20H,7-10H2,1-2H3. The number of pyridine rings is 1. The lowest BCUT2D eigenvalue weighted by Crippen LogP contribution is -2.31. The fraction of sp³-hybridized carbons (Fsp3) is 0.368. The predicted octanol–water partition coefficient (Wildman–Crippen LogP) is 2.88. The SMILES string of the molecule is CC1(C)Cc2c(sc3ncn4nc(CNCc5ccccn5)nc4c23)CO1. The smallest absolute Gasteiger partial charge is 0.168 e. The van der Waals surface area contributed by atoms with Gasteiger partial charge in [-0.15, -0.1) is 16.4 Å². The lowest BCUT2D eigenvalue weighted by Gasteiger charge is -2.30. The Morgan fingerprint density at radius 3 is 3.04 bits per heavy atom. The van der Waals surface area contributed by atoms with E-state index in [1.807, 2.05) is 18.2 Å². The minimum absolute atomic E-state index is 0.166. The third-order valence-electron chi connectivity index (χ3n) is 4.77. The minimum atomic E-state index is -0.166. The molecule has 0 radical (unpaired) electrons. The molecule has 1 N–H and O–H groups in total. The largest absolute Gasteiger partial charge is 0.370 e. The summed E-state index contributed by atoms with van der Waals surface area (Å²) < 4.78 is 7.74. The highest BCUT2D eigenvalue weighted by atomic mass is 32.1. The summed E-state index contributed by atoms with van der Waals surface area (Å²) in [6.45, 7) is 6.17.